The van der Waals surface area contributed by atoms with Crippen LogP contribution in [0.2, 0.25) is 0 Å². The quantitative estimate of drug-likeness (QED) is 0.913. The Balaban J connectivity index is 1.88. The second kappa shape index (κ2) is 6.02. The maximum atomic E-state index is 12.2. The van der Waals surface area contributed by atoms with E-state index in [1.807, 2.05) is 36.4 Å². The molecule has 2 aromatic rings. The normalized spacial score (nSPS) is 27.1. The fourth-order valence-corrected chi connectivity index (χ4v) is 5.21. The monoisotopic (exact) mass is 321 g/mol. The zero-order chi connectivity index (χ0) is 16.7. The van der Waals surface area contributed by atoms with Crippen LogP contribution < -0.4 is 0 Å². The molecule has 2 aromatic carbocycles. The molecule has 2 aliphatic rings. The van der Waals surface area contributed by atoms with Crippen molar-refractivity contribution in [3.63, 3.8) is 0 Å². The number of nitrogens with zero attached hydrogens (tertiary/aromatic N) is 1. The molecule has 1 aliphatic carbocycles. The predicted molar refractivity (Wildman–Crippen MR) is 97.8 cm³/mol. The topological polar surface area (TPSA) is 23.5 Å². The lowest BCUT2D eigenvalue weighted by Gasteiger charge is -2.47. The van der Waals surface area contributed by atoms with Gasteiger partial charge in [-0.3, -0.25) is 4.90 Å². The van der Waals surface area contributed by atoms with Crippen molar-refractivity contribution >= 4 is 0 Å². The minimum atomic E-state index is -0.952. The van der Waals surface area contributed by atoms with Crippen LogP contribution in [0.15, 0.2) is 60.7 Å². The van der Waals surface area contributed by atoms with Gasteiger partial charge in [-0.2, -0.15) is 0 Å². The summed E-state index contributed by atoms with van der Waals surface area (Å²) in [7, 11) is 0. The fourth-order valence-electron chi connectivity index (χ4n) is 5.21. The third kappa shape index (κ3) is 2.32. The first-order valence-corrected chi connectivity index (χ1v) is 9.23. The second-order valence-electron chi connectivity index (χ2n) is 7.71. The molecule has 2 bridgehead atoms. The van der Waals surface area contributed by atoms with Crippen LogP contribution in [0.5, 0.6) is 0 Å². The average molecular weight is 321 g/mol. The molecule has 1 aliphatic heterocycles. The standard InChI is InChI=1S/C22H27NO/c1-16(2)23-20-14-13-17(15-20)21(23)22(24,18-9-5-3-6-10-18)19-11-7-4-8-12-19/h3-12,16-17,20-21,24H,13-15H2,1-2H3/t17-,20+,21+/m1/s1. The van der Waals surface area contributed by atoms with Gasteiger partial charge in [0.25, 0.3) is 0 Å². The lowest BCUT2D eigenvalue weighted by molar-refractivity contribution is -0.0538. The van der Waals surface area contributed by atoms with E-state index in [2.05, 4.69) is 43.0 Å². The van der Waals surface area contributed by atoms with Crippen LogP contribution in [0.4, 0.5) is 0 Å². The number of likely N-dealkylation sites (tertiary alicyclic amines) is 1. The minimum Gasteiger partial charge on any atom is -0.379 e. The molecular weight excluding hydrogens is 294 g/mol. The highest BCUT2D eigenvalue weighted by Crippen LogP contribution is 2.51. The first kappa shape index (κ1) is 15.9. The second-order valence-corrected chi connectivity index (χ2v) is 7.71. The number of rotatable bonds is 4. The van der Waals surface area contributed by atoms with Crippen molar-refractivity contribution in [1.82, 2.24) is 4.90 Å². The molecule has 4 rings (SSSR count). The smallest absolute Gasteiger partial charge is 0.130 e. The summed E-state index contributed by atoms with van der Waals surface area (Å²) < 4.78 is 0. The van der Waals surface area contributed by atoms with E-state index in [4.69, 9.17) is 0 Å². The Morgan fingerprint density at radius 3 is 1.96 bits per heavy atom. The van der Waals surface area contributed by atoms with Crippen molar-refractivity contribution in [1.29, 1.82) is 0 Å². The molecule has 0 aromatic heterocycles. The highest BCUT2D eigenvalue weighted by molar-refractivity contribution is 5.39. The molecule has 2 nitrogen and oxygen atoms in total. The molecule has 0 unspecified atom stereocenters. The van der Waals surface area contributed by atoms with Crippen LogP contribution >= 0.6 is 0 Å². The van der Waals surface area contributed by atoms with E-state index in [0.717, 1.165) is 11.1 Å². The number of benzene rings is 2. The summed E-state index contributed by atoms with van der Waals surface area (Å²) in [5, 5.41) is 12.2. The Bertz CT molecular complexity index is 642. The molecule has 0 spiro atoms. The largest absolute Gasteiger partial charge is 0.379 e. The molecule has 2 heteroatoms. The molecule has 1 N–H and O–H groups in total. The van der Waals surface area contributed by atoms with Gasteiger partial charge in [0.05, 0.1) is 6.04 Å². The van der Waals surface area contributed by atoms with Crippen LogP contribution in [0.3, 0.4) is 0 Å². The van der Waals surface area contributed by atoms with E-state index in [-0.39, 0.29) is 6.04 Å². The number of aliphatic hydroxyl groups is 1. The summed E-state index contributed by atoms with van der Waals surface area (Å²) >= 11 is 0. The Hall–Kier alpha value is -1.64. The number of fused-ring (bicyclic) bond motifs is 2. The molecule has 1 heterocycles. The van der Waals surface area contributed by atoms with Gasteiger partial charge >= 0.3 is 0 Å². The molecule has 0 radical (unpaired) electrons. The van der Waals surface area contributed by atoms with Crippen molar-refractivity contribution in [2.24, 2.45) is 5.92 Å². The van der Waals surface area contributed by atoms with Crippen molar-refractivity contribution in [3.05, 3.63) is 71.8 Å². The minimum absolute atomic E-state index is 0.154. The molecule has 126 valence electrons. The van der Waals surface area contributed by atoms with Gasteiger partial charge in [0.2, 0.25) is 0 Å². The highest BCUT2D eigenvalue weighted by atomic mass is 16.3. The zero-order valence-electron chi connectivity index (χ0n) is 14.6. The fraction of sp³-hybridized carbons (Fsp3) is 0.455. The van der Waals surface area contributed by atoms with Crippen LogP contribution in [0.25, 0.3) is 0 Å². The summed E-state index contributed by atoms with van der Waals surface area (Å²) in [6, 6.07) is 21.7. The molecule has 3 atom stereocenters. The third-order valence-corrected chi connectivity index (χ3v) is 6.09. The van der Waals surface area contributed by atoms with Gasteiger partial charge in [0, 0.05) is 12.1 Å². The Kier molecular flexibility index (Phi) is 3.98. The van der Waals surface area contributed by atoms with Crippen LogP contribution in [0.1, 0.15) is 44.2 Å². The Morgan fingerprint density at radius 2 is 1.46 bits per heavy atom. The zero-order valence-corrected chi connectivity index (χ0v) is 14.6. The Labute approximate surface area is 145 Å². The summed E-state index contributed by atoms with van der Waals surface area (Å²) in [5.41, 5.74) is 1.07. The molecular formula is C22H27NO. The van der Waals surface area contributed by atoms with Gasteiger partial charge in [0.15, 0.2) is 0 Å². The van der Waals surface area contributed by atoms with Crippen molar-refractivity contribution < 1.29 is 5.11 Å². The third-order valence-electron chi connectivity index (χ3n) is 6.09. The highest BCUT2D eigenvalue weighted by Gasteiger charge is 2.56. The van der Waals surface area contributed by atoms with E-state index in [1.54, 1.807) is 0 Å². The molecule has 0 amide bonds. The van der Waals surface area contributed by atoms with E-state index >= 15 is 0 Å². The van der Waals surface area contributed by atoms with E-state index in [1.165, 1.54) is 19.3 Å². The molecule has 1 saturated carbocycles. The summed E-state index contributed by atoms with van der Waals surface area (Å²) in [6.07, 6.45) is 3.74. The number of hydrogen-bond donors (Lipinski definition) is 1. The van der Waals surface area contributed by atoms with Gasteiger partial charge in [0.1, 0.15) is 5.60 Å². The van der Waals surface area contributed by atoms with Gasteiger partial charge in [-0.1, -0.05) is 60.7 Å². The SMILES string of the molecule is CC(C)N1[C@H]2CC[C@H](C2)[C@H]1C(O)(c1ccccc1)c1ccccc1. The van der Waals surface area contributed by atoms with Crippen molar-refractivity contribution in [2.75, 3.05) is 0 Å². The summed E-state index contributed by atoms with van der Waals surface area (Å²) in [4.78, 5) is 2.59. The summed E-state index contributed by atoms with van der Waals surface area (Å²) in [6.45, 7) is 4.54. The van der Waals surface area contributed by atoms with E-state index in [0.29, 0.717) is 18.0 Å². The first-order valence-electron chi connectivity index (χ1n) is 9.23. The van der Waals surface area contributed by atoms with Crippen molar-refractivity contribution in [2.45, 2.75) is 56.8 Å². The van der Waals surface area contributed by atoms with E-state index in [9.17, 15) is 5.11 Å². The first-order chi connectivity index (χ1) is 11.6. The number of piperidine rings is 1. The maximum absolute atomic E-state index is 12.2. The summed E-state index contributed by atoms with van der Waals surface area (Å²) in [5.74, 6) is 0.572. The van der Waals surface area contributed by atoms with Gasteiger partial charge < -0.3 is 5.11 Å². The van der Waals surface area contributed by atoms with Crippen LogP contribution in [-0.4, -0.2) is 28.1 Å². The van der Waals surface area contributed by atoms with Crippen LogP contribution in [-0.2, 0) is 5.60 Å². The lowest BCUT2D eigenvalue weighted by Crippen LogP contribution is -2.56. The van der Waals surface area contributed by atoms with Gasteiger partial charge in [-0.05, 0) is 50.2 Å². The lowest BCUT2D eigenvalue weighted by atomic mass is 9.74. The van der Waals surface area contributed by atoms with Gasteiger partial charge in [-0.25, -0.2) is 0 Å². The number of hydrogen-bond acceptors (Lipinski definition) is 2. The maximum Gasteiger partial charge on any atom is 0.130 e. The average Bonchev–Trinajstić information content (AvgIpc) is 3.24. The van der Waals surface area contributed by atoms with Crippen molar-refractivity contribution in [3.8, 4) is 0 Å². The molecule has 1 saturated heterocycles. The Morgan fingerprint density at radius 1 is 0.917 bits per heavy atom. The predicted octanol–water partition coefficient (Wildman–Crippen LogP) is 4.18. The van der Waals surface area contributed by atoms with Crippen LogP contribution in [0, 0.1) is 5.92 Å². The molecule has 24 heavy (non-hydrogen) atoms. The van der Waals surface area contributed by atoms with Gasteiger partial charge in [-0.15, -0.1) is 0 Å². The van der Waals surface area contributed by atoms with E-state index < -0.39 is 5.60 Å². The molecule has 2 fully saturated rings.